The van der Waals surface area contributed by atoms with Crippen molar-refractivity contribution in [3.8, 4) is 0 Å². The first-order valence-electron chi connectivity index (χ1n) is 8.75. The molecular formula is C19H25N3O4. The molecule has 3 amide bonds. The third-order valence-electron chi connectivity index (χ3n) is 4.22. The molecule has 0 saturated heterocycles. The fourth-order valence-electron chi connectivity index (χ4n) is 2.79. The summed E-state index contributed by atoms with van der Waals surface area (Å²) in [5.74, 6) is -0.580. The molecule has 0 aliphatic carbocycles. The highest BCUT2D eigenvalue weighted by atomic mass is 16.4. The van der Waals surface area contributed by atoms with Gasteiger partial charge in [-0.15, -0.1) is 0 Å². The zero-order valence-corrected chi connectivity index (χ0v) is 14.8. The van der Waals surface area contributed by atoms with Crippen LogP contribution in [-0.4, -0.2) is 41.6 Å². The Hall–Kier alpha value is -2.83. The quantitative estimate of drug-likeness (QED) is 0.656. The third-order valence-corrected chi connectivity index (χ3v) is 4.22. The molecule has 0 unspecified atom stereocenters. The van der Waals surface area contributed by atoms with Crippen molar-refractivity contribution in [1.82, 2.24) is 16.0 Å². The lowest BCUT2D eigenvalue weighted by Crippen LogP contribution is -2.49. The fraction of sp³-hybridized carbons (Fsp3) is 0.421. The summed E-state index contributed by atoms with van der Waals surface area (Å²) in [7, 11) is 0. The number of aryl methyl sites for hydroxylation is 1. The summed E-state index contributed by atoms with van der Waals surface area (Å²) in [5, 5.41) is 16.9. The van der Waals surface area contributed by atoms with Crippen LogP contribution in [0, 0.1) is 6.92 Å². The lowest BCUT2D eigenvalue weighted by atomic mass is 10.0. The van der Waals surface area contributed by atoms with Gasteiger partial charge in [0, 0.05) is 12.6 Å². The Morgan fingerprint density at radius 2 is 1.96 bits per heavy atom. The van der Waals surface area contributed by atoms with Crippen LogP contribution in [0.4, 0.5) is 4.79 Å². The Morgan fingerprint density at radius 3 is 2.65 bits per heavy atom. The minimum atomic E-state index is -1.23. The smallest absolute Gasteiger partial charge is 0.405 e. The van der Waals surface area contributed by atoms with E-state index in [1.165, 1.54) is 6.08 Å². The third kappa shape index (κ3) is 6.58. The van der Waals surface area contributed by atoms with Crippen molar-refractivity contribution in [2.75, 3.05) is 6.54 Å². The van der Waals surface area contributed by atoms with Crippen LogP contribution in [0.15, 0.2) is 36.4 Å². The van der Waals surface area contributed by atoms with Gasteiger partial charge in [0.1, 0.15) is 6.04 Å². The maximum Gasteiger partial charge on any atom is 0.405 e. The van der Waals surface area contributed by atoms with Crippen LogP contribution in [0.25, 0.3) is 0 Å². The number of carboxylic acid groups (broad SMARTS) is 1. The zero-order valence-electron chi connectivity index (χ0n) is 14.8. The highest BCUT2D eigenvalue weighted by Crippen LogP contribution is 2.09. The Balaban J connectivity index is 2.16. The van der Waals surface area contributed by atoms with Gasteiger partial charge in [-0.3, -0.25) is 9.59 Å². The van der Waals surface area contributed by atoms with Crippen molar-refractivity contribution >= 4 is 17.9 Å². The number of amides is 3. The average Bonchev–Trinajstić information content (AvgIpc) is 2.59. The van der Waals surface area contributed by atoms with Gasteiger partial charge in [0.2, 0.25) is 11.8 Å². The second-order valence-corrected chi connectivity index (χ2v) is 6.45. The van der Waals surface area contributed by atoms with E-state index in [4.69, 9.17) is 5.11 Å². The van der Waals surface area contributed by atoms with Gasteiger partial charge in [-0.25, -0.2) is 4.79 Å². The molecule has 140 valence electrons. The van der Waals surface area contributed by atoms with E-state index in [0.29, 0.717) is 32.2 Å². The number of nitrogens with one attached hydrogen (secondary N) is 3. The maximum absolute atomic E-state index is 12.5. The van der Waals surface area contributed by atoms with Gasteiger partial charge in [0.15, 0.2) is 0 Å². The summed E-state index contributed by atoms with van der Waals surface area (Å²) < 4.78 is 0. The largest absolute Gasteiger partial charge is 0.465 e. The van der Waals surface area contributed by atoms with Crippen molar-refractivity contribution in [3.63, 3.8) is 0 Å². The van der Waals surface area contributed by atoms with Gasteiger partial charge in [0.05, 0.1) is 6.04 Å². The second-order valence-electron chi connectivity index (χ2n) is 6.45. The van der Waals surface area contributed by atoms with Gasteiger partial charge < -0.3 is 21.1 Å². The summed E-state index contributed by atoms with van der Waals surface area (Å²) in [5.41, 5.74) is 2.15. The van der Waals surface area contributed by atoms with Gasteiger partial charge in [-0.05, 0) is 38.2 Å². The zero-order chi connectivity index (χ0) is 18.9. The van der Waals surface area contributed by atoms with Crippen LogP contribution in [0.5, 0.6) is 0 Å². The molecule has 1 aliphatic rings. The Kier molecular flexibility index (Phi) is 7.20. The number of hydrogen-bond acceptors (Lipinski definition) is 3. The molecule has 1 aromatic carbocycles. The first-order chi connectivity index (χ1) is 12.4. The Labute approximate surface area is 152 Å². The summed E-state index contributed by atoms with van der Waals surface area (Å²) >= 11 is 0. The summed E-state index contributed by atoms with van der Waals surface area (Å²) in [6.45, 7) is 2.49. The van der Waals surface area contributed by atoms with E-state index in [1.807, 2.05) is 31.2 Å². The van der Waals surface area contributed by atoms with E-state index < -0.39 is 18.2 Å². The van der Waals surface area contributed by atoms with Crippen molar-refractivity contribution in [3.05, 3.63) is 47.5 Å². The summed E-state index contributed by atoms with van der Waals surface area (Å²) in [4.78, 5) is 35.3. The molecule has 0 radical (unpaired) electrons. The molecular weight excluding hydrogens is 334 g/mol. The van der Waals surface area contributed by atoms with Crippen LogP contribution >= 0.6 is 0 Å². The van der Waals surface area contributed by atoms with Crippen molar-refractivity contribution in [2.45, 2.75) is 44.7 Å². The molecule has 26 heavy (non-hydrogen) atoms. The Morgan fingerprint density at radius 1 is 1.23 bits per heavy atom. The molecule has 4 N–H and O–H groups in total. The van der Waals surface area contributed by atoms with Crippen LogP contribution < -0.4 is 16.0 Å². The molecule has 2 atom stereocenters. The van der Waals surface area contributed by atoms with Gasteiger partial charge in [-0.2, -0.15) is 0 Å². The van der Waals surface area contributed by atoms with Gasteiger partial charge >= 0.3 is 6.09 Å². The lowest BCUT2D eigenvalue weighted by Gasteiger charge is -2.22. The van der Waals surface area contributed by atoms with E-state index in [1.54, 1.807) is 6.08 Å². The number of carbonyl (C=O) groups excluding carboxylic acids is 2. The van der Waals surface area contributed by atoms with Crippen molar-refractivity contribution < 1.29 is 19.5 Å². The SMILES string of the molecule is Cc1ccc(C[C@H]2/C=C/C(=O)NCCCC[C@H](NC(=O)O)C(=O)N2)cc1. The molecule has 1 aliphatic heterocycles. The van der Waals surface area contributed by atoms with Crippen molar-refractivity contribution in [1.29, 1.82) is 0 Å². The predicted octanol–water partition coefficient (Wildman–Crippen LogP) is 1.51. The highest BCUT2D eigenvalue weighted by molar-refractivity contribution is 5.88. The fourth-order valence-corrected chi connectivity index (χ4v) is 2.79. The first-order valence-corrected chi connectivity index (χ1v) is 8.75. The maximum atomic E-state index is 12.5. The standard InChI is InChI=1S/C19H25N3O4/c1-13-5-7-14(8-6-13)12-15-9-10-17(23)20-11-3-2-4-16(18(24)21-15)22-19(25)26/h5-10,15-16,22H,2-4,11-12H2,1H3,(H,20,23)(H,21,24)(H,25,26)/b10-9+/t15-,16+/m1/s1. The average molecular weight is 359 g/mol. The molecule has 1 aromatic rings. The molecule has 0 spiro atoms. The Bertz CT molecular complexity index is 670. The molecule has 2 rings (SSSR count). The number of hydrogen-bond donors (Lipinski definition) is 4. The summed E-state index contributed by atoms with van der Waals surface area (Å²) in [6, 6.07) is 6.69. The predicted molar refractivity (Wildman–Crippen MR) is 97.8 cm³/mol. The molecule has 0 saturated carbocycles. The van der Waals surface area contributed by atoms with Crippen LogP contribution in [0.2, 0.25) is 0 Å². The van der Waals surface area contributed by atoms with E-state index in [-0.39, 0.29) is 11.8 Å². The number of rotatable bonds is 3. The normalized spacial score (nSPS) is 23.0. The minimum absolute atomic E-state index is 0.200. The number of benzene rings is 1. The van der Waals surface area contributed by atoms with Crippen LogP contribution in [0.1, 0.15) is 30.4 Å². The topological polar surface area (TPSA) is 108 Å². The summed E-state index contributed by atoms with van der Waals surface area (Å²) in [6.07, 6.45) is 4.04. The van der Waals surface area contributed by atoms with Crippen molar-refractivity contribution in [2.24, 2.45) is 0 Å². The minimum Gasteiger partial charge on any atom is -0.465 e. The molecule has 0 aromatic heterocycles. The van der Waals surface area contributed by atoms with E-state index >= 15 is 0 Å². The first kappa shape index (κ1) is 19.5. The monoisotopic (exact) mass is 359 g/mol. The van der Waals surface area contributed by atoms with Gasteiger partial charge in [0.25, 0.3) is 0 Å². The number of carbonyl (C=O) groups is 3. The van der Waals surface area contributed by atoms with Crippen LogP contribution in [0.3, 0.4) is 0 Å². The van der Waals surface area contributed by atoms with E-state index in [0.717, 1.165) is 11.1 Å². The van der Waals surface area contributed by atoms with Crippen LogP contribution in [-0.2, 0) is 16.0 Å². The van der Waals surface area contributed by atoms with E-state index in [9.17, 15) is 14.4 Å². The molecule has 0 fully saturated rings. The van der Waals surface area contributed by atoms with Gasteiger partial charge in [-0.1, -0.05) is 35.9 Å². The van der Waals surface area contributed by atoms with E-state index in [2.05, 4.69) is 16.0 Å². The second kappa shape index (κ2) is 9.60. The molecule has 0 bridgehead atoms. The molecule has 1 heterocycles. The molecule has 7 nitrogen and oxygen atoms in total. The highest BCUT2D eigenvalue weighted by Gasteiger charge is 2.22. The lowest BCUT2D eigenvalue weighted by molar-refractivity contribution is -0.123. The molecule has 7 heteroatoms.